The van der Waals surface area contributed by atoms with E-state index in [1.807, 2.05) is 13.8 Å². The van der Waals surface area contributed by atoms with Crippen LogP contribution in [0.25, 0.3) is 0 Å². The Morgan fingerprint density at radius 2 is 2.11 bits per heavy atom. The lowest BCUT2D eigenvalue weighted by molar-refractivity contribution is -0.0127. The van der Waals surface area contributed by atoms with Crippen LogP contribution in [0.3, 0.4) is 0 Å². The number of nitrogens with two attached hydrogens (primary N) is 1. The van der Waals surface area contributed by atoms with Crippen molar-refractivity contribution in [1.82, 2.24) is 0 Å². The number of hydrogen-bond acceptors (Lipinski definition) is 3. The van der Waals surface area contributed by atoms with Crippen LogP contribution in [-0.2, 0) is 16.1 Å². The molecule has 0 aliphatic heterocycles. The van der Waals surface area contributed by atoms with Gasteiger partial charge in [-0.05, 0) is 26.3 Å². The van der Waals surface area contributed by atoms with E-state index < -0.39 is 5.82 Å². The monoisotopic (exact) mass is 268 g/mol. The van der Waals surface area contributed by atoms with Crippen LogP contribution in [0, 0.1) is 11.2 Å². The predicted octanol–water partition coefficient (Wildman–Crippen LogP) is 2.44. The van der Waals surface area contributed by atoms with Gasteiger partial charge in [0.1, 0.15) is 11.7 Å². The SMILES string of the molecule is COC(C)(C)CCOCc1ccc(C(=N)N)cc1F. The first-order chi connectivity index (χ1) is 8.85. The highest BCUT2D eigenvalue weighted by Crippen LogP contribution is 2.15. The van der Waals surface area contributed by atoms with Crippen LogP contribution in [0.15, 0.2) is 18.2 Å². The summed E-state index contributed by atoms with van der Waals surface area (Å²) in [6.45, 7) is 4.63. The molecular formula is C14H21FN2O2. The molecule has 0 aliphatic rings. The lowest BCUT2D eigenvalue weighted by Crippen LogP contribution is -2.24. The van der Waals surface area contributed by atoms with Gasteiger partial charge in [0, 0.05) is 24.8 Å². The molecule has 0 saturated carbocycles. The van der Waals surface area contributed by atoms with Crippen molar-refractivity contribution in [3.8, 4) is 0 Å². The summed E-state index contributed by atoms with van der Waals surface area (Å²) >= 11 is 0. The summed E-state index contributed by atoms with van der Waals surface area (Å²) in [5.74, 6) is -0.549. The Morgan fingerprint density at radius 3 is 2.63 bits per heavy atom. The first kappa shape index (κ1) is 15.6. The minimum atomic E-state index is -0.404. The molecule has 0 heterocycles. The Labute approximate surface area is 113 Å². The van der Waals surface area contributed by atoms with Crippen molar-refractivity contribution in [2.45, 2.75) is 32.5 Å². The molecule has 106 valence electrons. The smallest absolute Gasteiger partial charge is 0.129 e. The maximum atomic E-state index is 13.7. The zero-order valence-corrected chi connectivity index (χ0v) is 11.6. The third-order valence-corrected chi connectivity index (χ3v) is 3.02. The number of nitrogen functional groups attached to an aromatic ring is 1. The van der Waals surface area contributed by atoms with Crippen molar-refractivity contribution in [3.05, 3.63) is 35.1 Å². The normalized spacial score (nSPS) is 11.6. The molecule has 0 atom stereocenters. The summed E-state index contributed by atoms with van der Waals surface area (Å²) in [5.41, 5.74) is 5.89. The zero-order chi connectivity index (χ0) is 14.5. The van der Waals surface area contributed by atoms with Gasteiger partial charge in [-0.3, -0.25) is 5.41 Å². The highest BCUT2D eigenvalue weighted by Gasteiger charge is 2.15. The number of benzene rings is 1. The fraction of sp³-hybridized carbons (Fsp3) is 0.500. The van der Waals surface area contributed by atoms with Gasteiger partial charge >= 0.3 is 0 Å². The second kappa shape index (κ2) is 6.63. The van der Waals surface area contributed by atoms with E-state index in [4.69, 9.17) is 20.6 Å². The summed E-state index contributed by atoms with van der Waals surface area (Å²) in [7, 11) is 1.65. The molecule has 0 radical (unpaired) electrons. The fourth-order valence-electron chi connectivity index (χ4n) is 1.43. The Hall–Kier alpha value is -1.46. The Kier molecular flexibility index (Phi) is 5.44. The van der Waals surface area contributed by atoms with Crippen molar-refractivity contribution in [1.29, 1.82) is 5.41 Å². The van der Waals surface area contributed by atoms with E-state index >= 15 is 0 Å². The molecule has 0 aromatic heterocycles. The summed E-state index contributed by atoms with van der Waals surface area (Å²) in [5, 5.41) is 7.23. The van der Waals surface area contributed by atoms with Crippen molar-refractivity contribution >= 4 is 5.84 Å². The molecular weight excluding hydrogens is 247 g/mol. The van der Waals surface area contributed by atoms with E-state index in [-0.39, 0.29) is 18.0 Å². The van der Waals surface area contributed by atoms with Crippen LogP contribution in [-0.4, -0.2) is 25.2 Å². The Bertz CT molecular complexity index is 447. The molecule has 1 aromatic carbocycles. The van der Waals surface area contributed by atoms with Crippen molar-refractivity contribution in [3.63, 3.8) is 0 Å². The van der Waals surface area contributed by atoms with Gasteiger partial charge in [-0.1, -0.05) is 12.1 Å². The summed E-state index contributed by atoms with van der Waals surface area (Å²) in [6, 6.07) is 4.46. The summed E-state index contributed by atoms with van der Waals surface area (Å²) in [6.07, 6.45) is 0.733. The first-order valence-electron chi connectivity index (χ1n) is 6.11. The van der Waals surface area contributed by atoms with Crippen molar-refractivity contribution in [2.75, 3.05) is 13.7 Å². The number of methoxy groups -OCH3 is 1. The minimum Gasteiger partial charge on any atom is -0.384 e. The minimum absolute atomic E-state index is 0.145. The molecule has 0 bridgehead atoms. The van der Waals surface area contributed by atoms with Gasteiger partial charge in [0.2, 0.25) is 0 Å². The van der Waals surface area contributed by atoms with Gasteiger partial charge in [0.05, 0.1) is 12.2 Å². The molecule has 4 nitrogen and oxygen atoms in total. The number of hydrogen-bond donors (Lipinski definition) is 2. The van der Waals surface area contributed by atoms with Crippen LogP contribution < -0.4 is 5.73 Å². The standard InChI is InChI=1S/C14H21FN2O2/c1-14(2,18-3)6-7-19-9-11-5-4-10(13(16)17)8-12(11)15/h4-5,8H,6-7,9H2,1-3H3,(H3,16,17). The van der Waals surface area contributed by atoms with Crippen LogP contribution in [0.1, 0.15) is 31.4 Å². The lowest BCUT2D eigenvalue weighted by Gasteiger charge is -2.22. The lowest BCUT2D eigenvalue weighted by atomic mass is 10.1. The Morgan fingerprint density at radius 1 is 1.42 bits per heavy atom. The number of ether oxygens (including phenoxy) is 2. The van der Waals surface area contributed by atoms with E-state index in [0.29, 0.717) is 17.7 Å². The molecule has 0 saturated heterocycles. The second-order valence-electron chi connectivity index (χ2n) is 4.99. The molecule has 5 heteroatoms. The maximum Gasteiger partial charge on any atom is 0.129 e. The van der Waals surface area contributed by atoms with E-state index in [1.54, 1.807) is 19.2 Å². The summed E-state index contributed by atoms with van der Waals surface area (Å²) in [4.78, 5) is 0. The highest BCUT2D eigenvalue weighted by molar-refractivity contribution is 5.94. The van der Waals surface area contributed by atoms with Crippen LogP contribution in [0.5, 0.6) is 0 Å². The average molecular weight is 268 g/mol. The molecule has 0 amide bonds. The van der Waals surface area contributed by atoms with Gasteiger partial charge in [-0.25, -0.2) is 4.39 Å². The van der Waals surface area contributed by atoms with Gasteiger partial charge in [-0.15, -0.1) is 0 Å². The Balaban J connectivity index is 2.48. The molecule has 0 spiro atoms. The number of rotatable bonds is 7. The first-order valence-corrected chi connectivity index (χ1v) is 6.11. The number of halogens is 1. The van der Waals surface area contributed by atoms with E-state index in [0.717, 1.165) is 6.42 Å². The average Bonchev–Trinajstić information content (AvgIpc) is 2.36. The predicted molar refractivity (Wildman–Crippen MR) is 72.8 cm³/mol. The topological polar surface area (TPSA) is 68.3 Å². The maximum absolute atomic E-state index is 13.7. The van der Waals surface area contributed by atoms with E-state index in [9.17, 15) is 4.39 Å². The molecule has 0 aliphatic carbocycles. The zero-order valence-electron chi connectivity index (χ0n) is 11.6. The largest absolute Gasteiger partial charge is 0.384 e. The fourth-order valence-corrected chi connectivity index (χ4v) is 1.43. The van der Waals surface area contributed by atoms with E-state index in [2.05, 4.69) is 0 Å². The molecule has 0 unspecified atom stereocenters. The highest BCUT2D eigenvalue weighted by atomic mass is 19.1. The second-order valence-corrected chi connectivity index (χ2v) is 4.99. The van der Waals surface area contributed by atoms with Crippen LogP contribution in [0.2, 0.25) is 0 Å². The van der Waals surface area contributed by atoms with Crippen molar-refractivity contribution in [2.24, 2.45) is 5.73 Å². The number of nitrogens with one attached hydrogen (secondary N) is 1. The van der Waals surface area contributed by atoms with Crippen molar-refractivity contribution < 1.29 is 13.9 Å². The third-order valence-electron chi connectivity index (χ3n) is 3.02. The van der Waals surface area contributed by atoms with Crippen LogP contribution >= 0.6 is 0 Å². The van der Waals surface area contributed by atoms with Gasteiger partial charge in [0.25, 0.3) is 0 Å². The van der Waals surface area contributed by atoms with Gasteiger partial charge in [0.15, 0.2) is 0 Å². The van der Waals surface area contributed by atoms with Gasteiger partial charge in [-0.2, -0.15) is 0 Å². The molecule has 1 aromatic rings. The summed E-state index contributed by atoms with van der Waals surface area (Å²) < 4.78 is 24.4. The molecule has 1 rings (SSSR count). The molecule has 0 fully saturated rings. The van der Waals surface area contributed by atoms with Crippen LogP contribution in [0.4, 0.5) is 4.39 Å². The number of amidine groups is 1. The molecule has 19 heavy (non-hydrogen) atoms. The quantitative estimate of drug-likeness (QED) is 0.453. The third kappa shape index (κ3) is 4.96. The van der Waals surface area contributed by atoms with Gasteiger partial charge < -0.3 is 15.2 Å². The van der Waals surface area contributed by atoms with E-state index in [1.165, 1.54) is 6.07 Å². The molecule has 3 N–H and O–H groups in total.